The molecule has 1 atom stereocenters. The number of nitrogens with zero attached hydrogens (tertiary/aromatic N) is 2. The Morgan fingerprint density at radius 1 is 1.10 bits per heavy atom. The molecule has 0 aromatic carbocycles. The fraction of sp³-hybridized carbons (Fsp3) is 0.250. The Morgan fingerprint density at radius 2 is 1.90 bits per heavy atom. The van der Waals surface area contributed by atoms with Crippen LogP contribution in [0.2, 0.25) is 0 Å². The second-order valence-corrected chi connectivity index (χ2v) is 11.3. The van der Waals surface area contributed by atoms with Crippen molar-refractivity contribution in [3.63, 3.8) is 0 Å². The van der Waals surface area contributed by atoms with Crippen molar-refractivity contribution in [2.24, 2.45) is 5.92 Å². The highest BCUT2D eigenvalue weighted by Gasteiger charge is 2.37. The standard InChI is InChI=1S/C20H19N3O4S3/c1-12(2)17(15-6-4-10-28-15)22-30(26,27)16-8-7-13(29-16)11-23-19(24)14-5-3-9-21-18(14)20(23)25/h3-10,12,17,22H,11H2,1-2H3/t17-/m0/s1. The first-order valence-corrected chi connectivity index (χ1v) is 12.4. The number of hydrogen-bond donors (Lipinski definition) is 1. The molecule has 0 aliphatic carbocycles. The van der Waals surface area contributed by atoms with Gasteiger partial charge in [-0.15, -0.1) is 22.7 Å². The molecule has 3 aromatic heterocycles. The van der Waals surface area contributed by atoms with Crippen LogP contribution < -0.4 is 4.72 Å². The monoisotopic (exact) mass is 461 g/mol. The molecule has 1 aliphatic heterocycles. The smallest absolute Gasteiger partial charge is 0.268 e. The Kier molecular flexibility index (Phi) is 5.58. The van der Waals surface area contributed by atoms with Gasteiger partial charge in [-0.25, -0.2) is 13.1 Å². The van der Waals surface area contributed by atoms with Crippen molar-refractivity contribution in [2.45, 2.75) is 30.6 Å². The molecule has 1 aliphatic rings. The zero-order valence-electron chi connectivity index (χ0n) is 16.2. The molecule has 156 valence electrons. The molecule has 1 N–H and O–H groups in total. The lowest BCUT2D eigenvalue weighted by atomic mass is 10.0. The maximum absolute atomic E-state index is 12.9. The van der Waals surface area contributed by atoms with Crippen LogP contribution in [-0.2, 0) is 16.6 Å². The maximum atomic E-state index is 12.9. The summed E-state index contributed by atoms with van der Waals surface area (Å²) in [7, 11) is -3.75. The normalized spacial score (nSPS) is 15.1. The van der Waals surface area contributed by atoms with Crippen LogP contribution in [0.3, 0.4) is 0 Å². The predicted octanol–water partition coefficient (Wildman–Crippen LogP) is 3.68. The summed E-state index contributed by atoms with van der Waals surface area (Å²) < 4.78 is 28.8. The summed E-state index contributed by atoms with van der Waals surface area (Å²) in [6, 6.07) is 9.78. The van der Waals surface area contributed by atoms with E-state index >= 15 is 0 Å². The van der Waals surface area contributed by atoms with E-state index in [0.717, 1.165) is 21.1 Å². The number of pyridine rings is 1. The van der Waals surface area contributed by atoms with E-state index in [1.54, 1.807) is 18.2 Å². The second kappa shape index (κ2) is 8.03. The summed E-state index contributed by atoms with van der Waals surface area (Å²) in [4.78, 5) is 31.6. The number of nitrogens with one attached hydrogen (secondary N) is 1. The van der Waals surface area contributed by atoms with Crippen molar-refractivity contribution in [1.29, 1.82) is 0 Å². The number of sulfonamides is 1. The van der Waals surface area contributed by atoms with E-state index in [9.17, 15) is 18.0 Å². The Balaban J connectivity index is 1.53. The first kappa shape index (κ1) is 20.9. The first-order chi connectivity index (χ1) is 14.3. The van der Waals surface area contributed by atoms with Crippen LogP contribution in [0.4, 0.5) is 0 Å². The van der Waals surface area contributed by atoms with E-state index in [0.29, 0.717) is 4.88 Å². The van der Waals surface area contributed by atoms with E-state index in [2.05, 4.69) is 9.71 Å². The van der Waals surface area contributed by atoms with Gasteiger partial charge in [-0.3, -0.25) is 19.5 Å². The van der Waals surface area contributed by atoms with Gasteiger partial charge < -0.3 is 0 Å². The highest BCUT2D eigenvalue weighted by molar-refractivity contribution is 7.91. The molecular weight excluding hydrogens is 442 g/mol. The van der Waals surface area contributed by atoms with Crippen LogP contribution in [0.15, 0.2) is 52.2 Å². The number of imide groups is 1. The molecule has 10 heteroatoms. The Hall–Kier alpha value is -2.40. The van der Waals surface area contributed by atoms with Crippen molar-refractivity contribution in [3.8, 4) is 0 Å². The lowest BCUT2D eigenvalue weighted by molar-refractivity contribution is 0.0642. The number of carbonyl (C=O) groups excluding carboxylic acids is 2. The molecule has 0 saturated heterocycles. The van der Waals surface area contributed by atoms with E-state index in [1.165, 1.54) is 23.6 Å². The van der Waals surface area contributed by atoms with Crippen molar-refractivity contribution in [1.82, 2.24) is 14.6 Å². The minimum Gasteiger partial charge on any atom is -0.268 e. The number of amides is 2. The minimum absolute atomic E-state index is 0.00669. The van der Waals surface area contributed by atoms with Crippen molar-refractivity contribution < 1.29 is 18.0 Å². The Bertz CT molecular complexity index is 1160. The summed E-state index contributed by atoms with van der Waals surface area (Å²) in [5.41, 5.74) is 0.397. The molecule has 30 heavy (non-hydrogen) atoms. The number of hydrogen-bond acceptors (Lipinski definition) is 7. The average molecular weight is 462 g/mol. The number of aromatic nitrogens is 1. The fourth-order valence-corrected chi connectivity index (χ4v) is 6.97. The van der Waals surface area contributed by atoms with E-state index in [-0.39, 0.29) is 34.0 Å². The predicted molar refractivity (Wildman–Crippen MR) is 115 cm³/mol. The van der Waals surface area contributed by atoms with Crippen molar-refractivity contribution in [3.05, 3.63) is 69.0 Å². The van der Waals surface area contributed by atoms with Gasteiger partial charge in [0, 0.05) is 16.0 Å². The largest absolute Gasteiger partial charge is 0.280 e. The van der Waals surface area contributed by atoms with Gasteiger partial charge in [0.1, 0.15) is 9.90 Å². The third-order valence-corrected chi connectivity index (χ3v) is 8.70. The molecule has 4 rings (SSSR count). The van der Waals surface area contributed by atoms with Crippen molar-refractivity contribution in [2.75, 3.05) is 0 Å². The number of carbonyl (C=O) groups is 2. The summed E-state index contributed by atoms with van der Waals surface area (Å²) in [6.07, 6.45) is 1.47. The van der Waals surface area contributed by atoms with Gasteiger partial charge in [0.2, 0.25) is 0 Å². The molecule has 0 saturated carbocycles. The first-order valence-electron chi connectivity index (χ1n) is 9.23. The molecule has 0 fully saturated rings. The molecular formula is C20H19N3O4S3. The quantitative estimate of drug-likeness (QED) is 0.542. The summed E-state index contributed by atoms with van der Waals surface area (Å²) >= 11 is 2.55. The second-order valence-electron chi connectivity index (χ2n) is 7.18. The SMILES string of the molecule is CC(C)[C@H](NS(=O)(=O)c1ccc(CN2C(=O)c3cccnc3C2=O)s1)c1cccs1. The fourth-order valence-electron chi connectivity index (χ4n) is 3.22. The molecule has 3 aromatic rings. The van der Waals surface area contributed by atoms with Crippen LogP contribution in [0.5, 0.6) is 0 Å². The van der Waals surface area contributed by atoms with Gasteiger partial charge in [-0.05, 0) is 41.6 Å². The van der Waals surface area contributed by atoms with Gasteiger partial charge in [0.25, 0.3) is 21.8 Å². The lowest BCUT2D eigenvalue weighted by Crippen LogP contribution is -2.30. The third kappa shape index (κ3) is 3.83. The Labute approximate surface area is 182 Å². The molecule has 4 heterocycles. The van der Waals surface area contributed by atoms with E-state index in [1.807, 2.05) is 31.4 Å². The van der Waals surface area contributed by atoms with Crippen LogP contribution in [0.1, 0.15) is 50.5 Å². The highest BCUT2D eigenvalue weighted by atomic mass is 32.2. The number of rotatable bonds is 7. The average Bonchev–Trinajstić information content (AvgIpc) is 3.45. The van der Waals surface area contributed by atoms with Crippen LogP contribution in [-0.4, -0.2) is 30.1 Å². The minimum atomic E-state index is -3.75. The highest BCUT2D eigenvalue weighted by Crippen LogP contribution is 2.31. The van der Waals surface area contributed by atoms with Gasteiger partial charge in [-0.1, -0.05) is 19.9 Å². The van der Waals surface area contributed by atoms with Crippen LogP contribution in [0.25, 0.3) is 0 Å². The van der Waals surface area contributed by atoms with E-state index < -0.39 is 21.8 Å². The van der Waals surface area contributed by atoms with Crippen molar-refractivity contribution >= 4 is 44.5 Å². The van der Waals surface area contributed by atoms with E-state index in [4.69, 9.17) is 0 Å². The lowest BCUT2D eigenvalue weighted by Gasteiger charge is -2.20. The topological polar surface area (TPSA) is 96.4 Å². The maximum Gasteiger partial charge on any atom is 0.280 e. The van der Waals surface area contributed by atoms with Crippen LogP contribution >= 0.6 is 22.7 Å². The molecule has 0 spiro atoms. The van der Waals surface area contributed by atoms with Gasteiger partial charge in [0.15, 0.2) is 0 Å². The zero-order chi connectivity index (χ0) is 21.5. The summed E-state index contributed by atoms with van der Waals surface area (Å²) in [5.74, 6) is -0.815. The molecule has 2 amide bonds. The Morgan fingerprint density at radius 3 is 2.57 bits per heavy atom. The summed E-state index contributed by atoms with van der Waals surface area (Å²) in [5, 5.41) is 1.92. The summed E-state index contributed by atoms with van der Waals surface area (Å²) in [6.45, 7) is 3.93. The molecule has 7 nitrogen and oxygen atoms in total. The van der Waals surface area contributed by atoms with Crippen LogP contribution in [0, 0.1) is 5.92 Å². The molecule has 0 unspecified atom stereocenters. The van der Waals surface area contributed by atoms with Gasteiger partial charge in [0.05, 0.1) is 18.2 Å². The number of thiophene rings is 2. The third-order valence-electron chi connectivity index (χ3n) is 4.75. The molecule has 0 bridgehead atoms. The molecule has 0 radical (unpaired) electrons. The van der Waals surface area contributed by atoms with Gasteiger partial charge in [-0.2, -0.15) is 0 Å². The number of fused-ring (bicyclic) bond motifs is 1. The van der Waals surface area contributed by atoms with Gasteiger partial charge >= 0.3 is 0 Å². The zero-order valence-corrected chi connectivity index (χ0v) is 18.7.